The predicted molar refractivity (Wildman–Crippen MR) is 129 cm³/mol. The number of piperidine rings is 1. The Labute approximate surface area is 201 Å². The van der Waals surface area contributed by atoms with Crippen molar-refractivity contribution in [3.8, 4) is 11.5 Å². The molecule has 2 aromatic carbocycles. The van der Waals surface area contributed by atoms with Crippen LogP contribution in [0.2, 0.25) is 0 Å². The first-order valence-corrected chi connectivity index (χ1v) is 13.3. The second-order valence-corrected chi connectivity index (χ2v) is 11.7. The fourth-order valence-corrected chi connectivity index (χ4v) is 7.72. The summed E-state index contributed by atoms with van der Waals surface area (Å²) in [5.41, 5.74) is 0.852. The van der Waals surface area contributed by atoms with Crippen molar-refractivity contribution in [2.45, 2.75) is 54.8 Å². The van der Waals surface area contributed by atoms with E-state index >= 15 is 0 Å². The van der Waals surface area contributed by atoms with Crippen molar-refractivity contribution in [1.82, 2.24) is 5.32 Å². The van der Waals surface area contributed by atoms with E-state index in [2.05, 4.69) is 5.32 Å². The fraction of sp³-hybridized carbons (Fsp3) is 0.500. The van der Waals surface area contributed by atoms with Gasteiger partial charge in [-0.1, -0.05) is 18.2 Å². The lowest BCUT2D eigenvalue weighted by Crippen LogP contribution is -2.46. The number of aliphatic hydroxyl groups is 1. The molecule has 34 heavy (non-hydrogen) atoms. The number of benzene rings is 2. The van der Waals surface area contributed by atoms with Crippen LogP contribution >= 0.6 is 0 Å². The van der Waals surface area contributed by atoms with Gasteiger partial charge in [-0.15, -0.1) is 0 Å². The van der Waals surface area contributed by atoms with E-state index in [4.69, 9.17) is 9.47 Å². The Bertz CT molecular complexity index is 1110. The number of hydrogen-bond donors (Lipinski definition) is 2. The summed E-state index contributed by atoms with van der Waals surface area (Å²) in [6, 6.07) is 13.8. The van der Waals surface area contributed by atoms with Crippen molar-refractivity contribution in [2.75, 3.05) is 26.8 Å². The quantitative estimate of drug-likeness (QED) is 0.557. The van der Waals surface area contributed by atoms with Gasteiger partial charge in [0.15, 0.2) is 15.6 Å². The third-order valence-corrected chi connectivity index (χ3v) is 9.81. The van der Waals surface area contributed by atoms with Gasteiger partial charge < -0.3 is 19.9 Å². The third kappa shape index (κ3) is 4.77. The summed E-state index contributed by atoms with van der Waals surface area (Å²) < 4.78 is 37.6. The summed E-state index contributed by atoms with van der Waals surface area (Å²) >= 11 is 0. The number of hydrogen-bond acceptors (Lipinski definition) is 7. The minimum Gasteiger partial charge on any atom is -0.457 e. The summed E-state index contributed by atoms with van der Waals surface area (Å²) in [6.45, 7) is 1.80. The van der Waals surface area contributed by atoms with Crippen molar-refractivity contribution < 1.29 is 27.8 Å². The molecule has 0 aromatic heterocycles. The molecule has 2 N–H and O–H groups in total. The van der Waals surface area contributed by atoms with Crippen LogP contribution in [0.5, 0.6) is 11.5 Å². The zero-order valence-electron chi connectivity index (χ0n) is 19.6. The molecule has 1 atom stereocenters. The second-order valence-electron chi connectivity index (χ2n) is 9.48. The van der Waals surface area contributed by atoms with Crippen LogP contribution in [0, 0.1) is 5.41 Å². The number of sulfone groups is 1. The monoisotopic (exact) mass is 487 g/mol. The topological polar surface area (TPSA) is 102 Å². The minimum atomic E-state index is -4.00. The van der Waals surface area contributed by atoms with Gasteiger partial charge in [0.1, 0.15) is 16.2 Å². The van der Waals surface area contributed by atoms with Gasteiger partial charge in [-0.25, -0.2) is 8.42 Å². The lowest BCUT2D eigenvalue weighted by molar-refractivity contribution is -0.122. The van der Waals surface area contributed by atoms with Crippen molar-refractivity contribution in [2.24, 2.45) is 5.41 Å². The van der Waals surface area contributed by atoms with Gasteiger partial charge in [0, 0.05) is 13.5 Å². The molecule has 7 nitrogen and oxygen atoms in total. The summed E-state index contributed by atoms with van der Waals surface area (Å²) in [5.74, 6) is 0.584. The molecular formula is C26H33NO6S. The number of rotatable bonds is 9. The molecule has 2 aliphatic rings. The van der Waals surface area contributed by atoms with Crippen molar-refractivity contribution >= 4 is 15.6 Å². The molecule has 1 spiro atoms. The maximum Gasteiger partial charge on any atom is 0.191 e. The average Bonchev–Trinajstić information content (AvgIpc) is 3.22. The van der Waals surface area contributed by atoms with E-state index in [-0.39, 0.29) is 29.1 Å². The van der Waals surface area contributed by atoms with Gasteiger partial charge in [-0.3, -0.25) is 4.79 Å². The number of ether oxygens (including phenoxy) is 2. The summed E-state index contributed by atoms with van der Waals surface area (Å²) in [6.07, 6.45) is 2.87. The van der Waals surface area contributed by atoms with Gasteiger partial charge >= 0.3 is 0 Å². The van der Waals surface area contributed by atoms with Gasteiger partial charge in [-0.05, 0) is 86.5 Å². The molecule has 1 heterocycles. The van der Waals surface area contributed by atoms with Crippen LogP contribution in [0.25, 0.3) is 0 Å². The van der Waals surface area contributed by atoms with Crippen LogP contribution in [-0.4, -0.2) is 50.9 Å². The first-order valence-electron chi connectivity index (χ1n) is 11.8. The fourth-order valence-electron chi connectivity index (χ4n) is 5.47. The Balaban J connectivity index is 1.64. The molecule has 1 aliphatic heterocycles. The Morgan fingerprint density at radius 1 is 1.03 bits per heavy atom. The molecule has 184 valence electrons. The van der Waals surface area contributed by atoms with Gasteiger partial charge in [-0.2, -0.15) is 0 Å². The summed E-state index contributed by atoms with van der Waals surface area (Å²) in [4.78, 5) is 13.4. The van der Waals surface area contributed by atoms with Crippen LogP contribution in [0.15, 0.2) is 53.4 Å². The Kier molecular flexibility index (Phi) is 7.42. The molecule has 0 amide bonds. The molecule has 4 rings (SSSR count). The lowest BCUT2D eigenvalue weighted by atomic mass is 9.76. The molecular weight excluding hydrogens is 454 g/mol. The average molecular weight is 488 g/mol. The zero-order valence-corrected chi connectivity index (χ0v) is 20.4. The number of nitrogens with one attached hydrogen (secondary N) is 1. The van der Waals surface area contributed by atoms with Crippen molar-refractivity contribution in [3.63, 3.8) is 0 Å². The predicted octanol–water partition coefficient (Wildman–Crippen LogP) is 3.64. The number of aliphatic hydroxyl groups excluding tert-OH is 1. The molecule has 1 saturated carbocycles. The van der Waals surface area contributed by atoms with Crippen molar-refractivity contribution in [3.05, 3.63) is 54.1 Å². The van der Waals surface area contributed by atoms with E-state index in [0.29, 0.717) is 37.4 Å². The number of Topliss-reactive ketones (excluding diaryl/α,β-unsaturated/α-hetero) is 1. The Hall–Kier alpha value is -2.26. The summed E-state index contributed by atoms with van der Waals surface area (Å²) in [5, 5.41) is 12.8. The molecule has 2 aromatic rings. The van der Waals surface area contributed by atoms with E-state index in [0.717, 1.165) is 31.5 Å². The Morgan fingerprint density at radius 2 is 1.76 bits per heavy atom. The number of carbonyl (C=O) groups is 1. The zero-order chi connectivity index (χ0) is 24.2. The highest BCUT2D eigenvalue weighted by Gasteiger charge is 2.59. The third-order valence-electron chi connectivity index (χ3n) is 7.33. The minimum absolute atomic E-state index is 0.0817. The highest BCUT2D eigenvalue weighted by atomic mass is 32.2. The number of methoxy groups -OCH3 is 1. The maximum atomic E-state index is 14.0. The van der Waals surface area contributed by atoms with E-state index in [1.807, 2.05) is 12.1 Å². The van der Waals surface area contributed by atoms with Crippen LogP contribution in [0.4, 0.5) is 0 Å². The van der Waals surface area contributed by atoms with Crippen LogP contribution in [-0.2, 0) is 26.0 Å². The van der Waals surface area contributed by atoms with E-state index in [1.165, 1.54) is 12.1 Å². The van der Waals surface area contributed by atoms with Gasteiger partial charge in [0.2, 0.25) is 0 Å². The molecule has 0 bridgehead atoms. The molecule has 1 saturated heterocycles. The molecule has 1 unspecified atom stereocenters. The largest absolute Gasteiger partial charge is 0.457 e. The molecule has 2 fully saturated rings. The SMILES string of the molecule is COCc1ccc(Oc2cccc(S(=O)(=O)C3(C(=O)CCO)CCC4(CCNCC4)C3)c2)cc1. The van der Waals surface area contributed by atoms with Gasteiger partial charge in [0.05, 0.1) is 18.1 Å². The smallest absolute Gasteiger partial charge is 0.191 e. The second kappa shape index (κ2) is 10.2. The molecule has 1 aliphatic carbocycles. The standard InChI is InChI=1S/C26H33NO6S/c1-32-18-20-5-7-21(8-6-20)33-22-3-2-4-23(17-22)34(30,31)26(24(29)9-16-28)11-10-25(19-26)12-14-27-15-13-25/h2-8,17,27-28H,9-16,18-19H2,1H3. The number of carbonyl (C=O) groups excluding carboxylic acids is 1. The first kappa shape index (κ1) is 24.9. The molecule has 0 radical (unpaired) electrons. The highest BCUT2D eigenvalue weighted by molar-refractivity contribution is 7.93. The number of ketones is 1. The van der Waals surface area contributed by atoms with Crippen LogP contribution < -0.4 is 10.1 Å². The van der Waals surface area contributed by atoms with Crippen LogP contribution in [0.3, 0.4) is 0 Å². The van der Waals surface area contributed by atoms with Crippen molar-refractivity contribution in [1.29, 1.82) is 0 Å². The van der Waals surface area contributed by atoms with Gasteiger partial charge in [0.25, 0.3) is 0 Å². The lowest BCUT2D eigenvalue weighted by Gasteiger charge is -2.36. The van der Waals surface area contributed by atoms with E-state index in [9.17, 15) is 18.3 Å². The normalized spacial score (nSPS) is 22.1. The summed E-state index contributed by atoms with van der Waals surface area (Å²) in [7, 11) is -2.37. The van der Waals surface area contributed by atoms with Crippen LogP contribution in [0.1, 0.15) is 44.1 Å². The molecule has 8 heteroatoms. The Morgan fingerprint density at radius 3 is 2.44 bits per heavy atom. The first-order chi connectivity index (χ1) is 16.3. The maximum absolute atomic E-state index is 14.0. The van der Waals surface area contributed by atoms with E-state index < -0.39 is 14.6 Å². The highest BCUT2D eigenvalue weighted by Crippen LogP contribution is 2.55. The van der Waals surface area contributed by atoms with E-state index in [1.54, 1.807) is 31.4 Å².